The molecular formula is C12H15N3. The summed E-state index contributed by atoms with van der Waals surface area (Å²) in [5, 5.41) is 0. The normalized spacial score (nSPS) is 12.6. The van der Waals surface area contributed by atoms with E-state index in [0.717, 1.165) is 13.0 Å². The third-order valence-corrected chi connectivity index (χ3v) is 2.35. The fraction of sp³-hybridized carbons (Fsp3) is 0.250. The number of hydrogen-bond acceptors (Lipinski definition) is 2. The lowest BCUT2D eigenvalue weighted by Crippen LogP contribution is -2.28. The first-order chi connectivity index (χ1) is 7.34. The molecule has 1 aromatic heterocycles. The fourth-order valence-electron chi connectivity index (χ4n) is 1.65. The molecule has 78 valence electrons. The second-order valence-corrected chi connectivity index (χ2v) is 3.71. The first-order valence-electron chi connectivity index (χ1n) is 5.10. The van der Waals surface area contributed by atoms with Crippen LogP contribution in [-0.4, -0.2) is 15.6 Å². The van der Waals surface area contributed by atoms with E-state index in [1.165, 1.54) is 5.56 Å². The summed E-state index contributed by atoms with van der Waals surface area (Å²) in [6, 6.07) is 10.5. The van der Waals surface area contributed by atoms with Gasteiger partial charge < -0.3 is 10.3 Å². The van der Waals surface area contributed by atoms with E-state index in [2.05, 4.69) is 17.1 Å². The van der Waals surface area contributed by atoms with Gasteiger partial charge in [0.15, 0.2) is 0 Å². The van der Waals surface area contributed by atoms with Crippen LogP contribution in [0, 0.1) is 0 Å². The van der Waals surface area contributed by atoms with Gasteiger partial charge >= 0.3 is 0 Å². The maximum Gasteiger partial charge on any atom is 0.0946 e. The molecule has 1 heterocycles. The third-order valence-electron chi connectivity index (χ3n) is 2.35. The van der Waals surface area contributed by atoms with Crippen molar-refractivity contribution in [1.29, 1.82) is 0 Å². The van der Waals surface area contributed by atoms with Crippen LogP contribution in [0.2, 0.25) is 0 Å². The number of nitrogens with zero attached hydrogens (tertiary/aromatic N) is 2. The van der Waals surface area contributed by atoms with Crippen molar-refractivity contribution in [3.05, 3.63) is 54.6 Å². The average molecular weight is 201 g/mol. The SMILES string of the molecule is NC(Cc1ccccc1)Cn1ccnc1. The highest BCUT2D eigenvalue weighted by Gasteiger charge is 2.04. The van der Waals surface area contributed by atoms with Crippen molar-refractivity contribution in [2.75, 3.05) is 0 Å². The van der Waals surface area contributed by atoms with Crippen molar-refractivity contribution < 1.29 is 0 Å². The lowest BCUT2D eigenvalue weighted by Gasteiger charge is -2.11. The van der Waals surface area contributed by atoms with Crippen LogP contribution in [0.25, 0.3) is 0 Å². The van der Waals surface area contributed by atoms with Crippen LogP contribution in [0.1, 0.15) is 5.56 Å². The van der Waals surface area contributed by atoms with E-state index < -0.39 is 0 Å². The summed E-state index contributed by atoms with van der Waals surface area (Å²) in [7, 11) is 0. The summed E-state index contributed by atoms with van der Waals surface area (Å²) < 4.78 is 2.01. The Morgan fingerprint density at radius 3 is 2.73 bits per heavy atom. The van der Waals surface area contributed by atoms with Crippen LogP contribution < -0.4 is 5.73 Å². The summed E-state index contributed by atoms with van der Waals surface area (Å²) in [6.07, 6.45) is 6.41. The predicted octanol–water partition coefficient (Wildman–Crippen LogP) is 1.45. The van der Waals surface area contributed by atoms with E-state index in [9.17, 15) is 0 Å². The van der Waals surface area contributed by atoms with Crippen molar-refractivity contribution in [3.8, 4) is 0 Å². The maximum atomic E-state index is 6.05. The molecule has 0 fully saturated rings. The van der Waals surface area contributed by atoms with Crippen molar-refractivity contribution >= 4 is 0 Å². The standard InChI is InChI=1S/C12H15N3/c13-12(9-15-7-6-14-10-15)8-11-4-2-1-3-5-11/h1-7,10,12H,8-9,13H2. The van der Waals surface area contributed by atoms with Crippen molar-refractivity contribution in [3.63, 3.8) is 0 Å². The molecule has 0 aliphatic heterocycles. The number of hydrogen-bond donors (Lipinski definition) is 1. The van der Waals surface area contributed by atoms with Gasteiger partial charge in [0.1, 0.15) is 0 Å². The molecule has 0 aliphatic rings. The Balaban J connectivity index is 1.90. The van der Waals surface area contributed by atoms with Crippen LogP contribution in [-0.2, 0) is 13.0 Å². The predicted molar refractivity (Wildman–Crippen MR) is 60.3 cm³/mol. The van der Waals surface area contributed by atoms with Gasteiger partial charge in [0.2, 0.25) is 0 Å². The number of imidazole rings is 1. The molecule has 1 unspecified atom stereocenters. The fourth-order valence-corrected chi connectivity index (χ4v) is 1.65. The number of nitrogens with two attached hydrogens (primary N) is 1. The zero-order valence-electron chi connectivity index (χ0n) is 8.58. The molecule has 0 radical (unpaired) electrons. The number of benzene rings is 1. The first-order valence-corrected chi connectivity index (χ1v) is 5.10. The van der Waals surface area contributed by atoms with E-state index in [0.29, 0.717) is 0 Å². The maximum absolute atomic E-state index is 6.05. The molecule has 3 heteroatoms. The Morgan fingerprint density at radius 2 is 2.07 bits per heavy atom. The quantitative estimate of drug-likeness (QED) is 0.813. The third kappa shape index (κ3) is 2.92. The molecule has 15 heavy (non-hydrogen) atoms. The molecule has 2 N–H and O–H groups in total. The van der Waals surface area contributed by atoms with Crippen molar-refractivity contribution in [1.82, 2.24) is 9.55 Å². The molecule has 1 atom stereocenters. The Hall–Kier alpha value is -1.61. The molecule has 2 rings (SSSR count). The lowest BCUT2D eigenvalue weighted by atomic mass is 10.1. The smallest absolute Gasteiger partial charge is 0.0946 e. The number of aromatic nitrogens is 2. The largest absolute Gasteiger partial charge is 0.336 e. The van der Waals surface area contributed by atoms with Gasteiger partial charge in [-0.2, -0.15) is 0 Å². The highest BCUT2D eigenvalue weighted by molar-refractivity contribution is 5.15. The second kappa shape index (κ2) is 4.75. The molecule has 0 saturated carbocycles. The highest BCUT2D eigenvalue weighted by Crippen LogP contribution is 2.03. The van der Waals surface area contributed by atoms with Crippen LogP contribution in [0.3, 0.4) is 0 Å². The lowest BCUT2D eigenvalue weighted by molar-refractivity contribution is 0.549. The van der Waals surface area contributed by atoms with Gasteiger partial charge in [0, 0.05) is 25.0 Å². The summed E-state index contributed by atoms with van der Waals surface area (Å²) in [5.74, 6) is 0. The van der Waals surface area contributed by atoms with Crippen LogP contribution >= 0.6 is 0 Å². The monoisotopic (exact) mass is 201 g/mol. The average Bonchev–Trinajstić information content (AvgIpc) is 2.71. The second-order valence-electron chi connectivity index (χ2n) is 3.71. The molecule has 0 spiro atoms. The molecule has 0 saturated heterocycles. The van der Waals surface area contributed by atoms with Crippen LogP contribution in [0.15, 0.2) is 49.1 Å². The van der Waals surface area contributed by atoms with Gasteiger partial charge in [-0.25, -0.2) is 4.98 Å². The van der Waals surface area contributed by atoms with Crippen molar-refractivity contribution in [2.24, 2.45) is 5.73 Å². The minimum atomic E-state index is 0.140. The Labute approximate surface area is 89.6 Å². The molecule has 0 bridgehead atoms. The Bertz CT molecular complexity index is 381. The van der Waals surface area contributed by atoms with E-state index >= 15 is 0 Å². The van der Waals surface area contributed by atoms with Gasteiger partial charge in [-0.3, -0.25) is 0 Å². The van der Waals surface area contributed by atoms with Gasteiger partial charge in [0.05, 0.1) is 6.33 Å². The van der Waals surface area contributed by atoms with Gasteiger partial charge in [-0.05, 0) is 12.0 Å². The summed E-state index contributed by atoms with van der Waals surface area (Å²) in [5.41, 5.74) is 7.33. The molecular weight excluding hydrogens is 186 g/mol. The van der Waals surface area contributed by atoms with Crippen LogP contribution in [0.5, 0.6) is 0 Å². The van der Waals surface area contributed by atoms with Crippen molar-refractivity contribution in [2.45, 2.75) is 19.0 Å². The van der Waals surface area contributed by atoms with Gasteiger partial charge in [0.25, 0.3) is 0 Å². The first kappa shape index (κ1) is 9.93. The van der Waals surface area contributed by atoms with E-state index in [-0.39, 0.29) is 6.04 Å². The van der Waals surface area contributed by atoms with Crippen LogP contribution in [0.4, 0.5) is 0 Å². The minimum Gasteiger partial charge on any atom is -0.336 e. The number of rotatable bonds is 4. The topological polar surface area (TPSA) is 43.8 Å². The zero-order valence-corrected chi connectivity index (χ0v) is 8.58. The molecule has 0 aliphatic carbocycles. The van der Waals surface area contributed by atoms with E-state index in [4.69, 9.17) is 5.73 Å². The Kier molecular flexibility index (Phi) is 3.15. The van der Waals surface area contributed by atoms with E-state index in [1.807, 2.05) is 29.0 Å². The Morgan fingerprint density at radius 1 is 1.27 bits per heavy atom. The molecule has 2 aromatic rings. The van der Waals surface area contributed by atoms with E-state index in [1.54, 1.807) is 12.5 Å². The molecule has 3 nitrogen and oxygen atoms in total. The summed E-state index contributed by atoms with van der Waals surface area (Å²) in [4.78, 5) is 3.99. The molecule has 1 aromatic carbocycles. The highest BCUT2D eigenvalue weighted by atomic mass is 15.0. The summed E-state index contributed by atoms with van der Waals surface area (Å²) >= 11 is 0. The van der Waals surface area contributed by atoms with Gasteiger partial charge in [-0.15, -0.1) is 0 Å². The summed E-state index contributed by atoms with van der Waals surface area (Å²) in [6.45, 7) is 0.814. The van der Waals surface area contributed by atoms with Gasteiger partial charge in [-0.1, -0.05) is 30.3 Å². The molecule has 0 amide bonds. The minimum absolute atomic E-state index is 0.140. The zero-order chi connectivity index (χ0) is 10.5.